The highest BCUT2D eigenvalue weighted by Crippen LogP contribution is 2.43. The lowest BCUT2D eigenvalue weighted by atomic mass is 10.2. The van der Waals surface area contributed by atoms with Crippen molar-refractivity contribution in [1.29, 1.82) is 0 Å². The number of nitrogens with zero attached hydrogens (tertiary/aromatic N) is 5. The monoisotopic (exact) mass is 275 g/mol. The fourth-order valence-corrected chi connectivity index (χ4v) is 2.28. The molecular weight excluding hydrogens is 266 g/mol. The van der Waals surface area contributed by atoms with E-state index in [1.807, 2.05) is 0 Å². The van der Waals surface area contributed by atoms with Gasteiger partial charge in [-0.15, -0.1) is 10.2 Å². The van der Waals surface area contributed by atoms with Crippen molar-refractivity contribution in [1.82, 2.24) is 30.2 Å². The van der Waals surface area contributed by atoms with Gasteiger partial charge in [0.1, 0.15) is 5.82 Å². The third-order valence-corrected chi connectivity index (χ3v) is 3.44. The van der Waals surface area contributed by atoms with Crippen LogP contribution in [0, 0.1) is 0 Å². The molecule has 3 aromatic heterocycles. The highest BCUT2D eigenvalue weighted by Gasteiger charge is 2.31. The van der Waals surface area contributed by atoms with Crippen LogP contribution in [0.3, 0.4) is 0 Å². The molecule has 1 aliphatic rings. The predicted octanol–water partition coefficient (Wildman–Crippen LogP) is 1.65. The quantitative estimate of drug-likeness (QED) is 0.741. The molecule has 0 atom stereocenters. The van der Waals surface area contributed by atoms with Gasteiger partial charge in [0.25, 0.3) is 0 Å². The Balaban J connectivity index is 1.96. The molecule has 3 heterocycles. The van der Waals surface area contributed by atoms with Crippen molar-refractivity contribution in [3.63, 3.8) is 0 Å². The van der Waals surface area contributed by atoms with E-state index < -0.39 is 0 Å². The van der Waals surface area contributed by atoms with Gasteiger partial charge < -0.3 is 5.73 Å². The number of hydrogen-bond acceptors (Lipinski definition) is 5. The Kier molecular flexibility index (Phi) is 2.08. The van der Waals surface area contributed by atoms with Gasteiger partial charge in [0.15, 0.2) is 16.6 Å². The zero-order chi connectivity index (χ0) is 13.0. The molecule has 1 saturated carbocycles. The van der Waals surface area contributed by atoms with Crippen LogP contribution < -0.4 is 5.73 Å². The molecule has 8 heteroatoms. The van der Waals surface area contributed by atoms with Gasteiger partial charge in [-0.3, -0.25) is 5.10 Å². The van der Waals surface area contributed by atoms with Crippen molar-refractivity contribution in [2.75, 3.05) is 5.73 Å². The zero-order valence-electron chi connectivity index (χ0n) is 9.84. The molecule has 3 N–H and O–H groups in total. The number of halogens is 1. The van der Waals surface area contributed by atoms with E-state index in [-0.39, 0.29) is 0 Å². The van der Waals surface area contributed by atoms with E-state index in [0.29, 0.717) is 28.4 Å². The van der Waals surface area contributed by atoms with Crippen molar-refractivity contribution in [3.8, 4) is 5.82 Å². The van der Waals surface area contributed by atoms with Crippen molar-refractivity contribution >= 4 is 28.5 Å². The van der Waals surface area contributed by atoms with Crippen LogP contribution in [-0.2, 0) is 0 Å². The van der Waals surface area contributed by atoms with Crippen LogP contribution in [0.5, 0.6) is 0 Å². The van der Waals surface area contributed by atoms with E-state index >= 15 is 0 Å². The molecule has 19 heavy (non-hydrogen) atoms. The normalized spacial score (nSPS) is 15.2. The minimum absolute atomic E-state index is 0.344. The number of anilines is 1. The predicted molar refractivity (Wildman–Crippen MR) is 70.2 cm³/mol. The van der Waals surface area contributed by atoms with E-state index in [9.17, 15) is 0 Å². The Hall–Kier alpha value is -2.15. The maximum atomic E-state index is 5.93. The average molecular weight is 276 g/mol. The number of fused-ring (bicyclic) bond motifs is 1. The molecule has 0 bridgehead atoms. The van der Waals surface area contributed by atoms with Gasteiger partial charge in [-0.2, -0.15) is 14.9 Å². The third kappa shape index (κ3) is 1.58. The SMILES string of the molecule is Nc1[nH]nc2c1c(C1CC1)nn2-c1ccc(Cl)nn1. The Morgan fingerprint density at radius 2 is 2.16 bits per heavy atom. The lowest BCUT2D eigenvalue weighted by Gasteiger charge is -1.98. The van der Waals surface area contributed by atoms with Gasteiger partial charge in [-0.25, -0.2) is 0 Å². The minimum Gasteiger partial charge on any atom is -0.383 e. The van der Waals surface area contributed by atoms with Crippen molar-refractivity contribution in [2.45, 2.75) is 18.8 Å². The number of nitrogens with one attached hydrogen (secondary N) is 1. The maximum absolute atomic E-state index is 5.93. The first-order valence-corrected chi connectivity index (χ1v) is 6.34. The number of H-pyrrole nitrogens is 1. The summed E-state index contributed by atoms with van der Waals surface area (Å²) in [7, 11) is 0. The minimum atomic E-state index is 0.344. The molecule has 1 fully saturated rings. The molecule has 96 valence electrons. The summed E-state index contributed by atoms with van der Waals surface area (Å²) in [6.45, 7) is 0. The average Bonchev–Trinajstić information content (AvgIpc) is 3.08. The number of aromatic nitrogens is 6. The fraction of sp³-hybridized carbons (Fsp3) is 0.273. The molecule has 3 aromatic rings. The number of aromatic amines is 1. The smallest absolute Gasteiger partial charge is 0.188 e. The molecule has 0 aromatic carbocycles. The zero-order valence-corrected chi connectivity index (χ0v) is 10.6. The van der Waals surface area contributed by atoms with Crippen molar-refractivity contribution in [2.24, 2.45) is 0 Å². The van der Waals surface area contributed by atoms with Crippen LogP contribution in [0.2, 0.25) is 5.15 Å². The topological polar surface area (TPSA) is 98.3 Å². The highest BCUT2D eigenvalue weighted by atomic mass is 35.5. The molecule has 4 rings (SSSR count). The largest absolute Gasteiger partial charge is 0.383 e. The molecule has 0 amide bonds. The Bertz CT molecular complexity index is 753. The van der Waals surface area contributed by atoms with E-state index in [2.05, 4.69) is 25.5 Å². The van der Waals surface area contributed by atoms with Crippen LogP contribution in [0.4, 0.5) is 5.82 Å². The van der Waals surface area contributed by atoms with Crippen molar-refractivity contribution < 1.29 is 0 Å². The molecule has 0 aliphatic heterocycles. The second-order valence-electron chi connectivity index (χ2n) is 4.62. The summed E-state index contributed by atoms with van der Waals surface area (Å²) in [4.78, 5) is 0. The molecular formula is C11H10ClN7. The van der Waals surface area contributed by atoms with Crippen LogP contribution in [0.25, 0.3) is 16.9 Å². The van der Waals surface area contributed by atoms with Crippen molar-refractivity contribution in [3.05, 3.63) is 23.0 Å². The fourth-order valence-electron chi connectivity index (χ4n) is 2.18. The summed E-state index contributed by atoms with van der Waals surface area (Å²) in [5.41, 5.74) is 7.59. The van der Waals surface area contributed by atoms with Crippen LogP contribution >= 0.6 is 11.6 Å². The number of rotatable bonds is 2. The second kappa shape index (κ2) is 3.67. The first-order valence-electron chi connectivity index (χ1n) is 5.96. The molecule has 0 unspecified atom stereocenters. The Morgan fingerprint density at radius 3 is 2.84 bits per heavy atom. The number of nitrogens with two attached hydrogens (primary N) is 1. The summed E-state index contributed by atoms with van der Waals surface area (Å²) in [6.07, 6.45) is 2.28. The lowest BCUT2D eigenvalue weighted by molar-refractivity contribution is 0.795. The van der Waals surface area contributed by atoms with Gasteiger partial charge in [0.2, 0.25) is 0 Å². The summed E-state index contributed by atoms with van der Waals surface area (Å²) >= 11 is 5.74. The van der Waals surface area contributed by atoms with Gasteiger partial charge in [0.05, 0.1) is 11.1 Å². The van der Waals surface area contributed by atoms with E-state index in [0.717, 1.165) is 23.9 Å². The molecule has 0 spiro atoms. The van der Waals surface area contributed by atoms with Crippen LogP contribution in [-0.4, -0.2) is 30.2 Å². The van der Waals surface area contributed by atoms with E-state index in [1.165, 1.54) is 0 Å². The summed E-state index contributed by atoms with van der Waals surface area (Å²) in [6, 6.07) is 3.42. The highest BCUT2D eigenvalue weighted by molar-refractivity contribution is 6.29. The first-order chi connectivity index (χ1) is 9.24. The van der Waals surface area contributed by atoms with E-state index in [4.69, 9.17) is 17.3 Å². The summed E-state index contributed by atoms with van der Waals surface area (Å²) < 4.78 is 1.65. The third-order valence-electron chi connectivity index (χ3n) is 3.24. The summed E-state index contributed by atoms with van der Waals surface area (Å²) in [5, 5.41) is 20.7. The number of hydrogen-bond donors (Lipinski definition) is 2. The first kappa shape index (κ1) is 10.7. The Labute approximate surface area is 112 Å². The maximum Gasteiger partial charge on any atom is 0.188 e. The second-order valence-corrected chi connectivity index (χ2v) is 5.01. The molecule has 7 nitrogen and oxygen atoms in total. The Morgan fingerprint density at radius 1 is 1.32 bits per heavy atom. The van der Waals surface area contributed by atoms with Gasteiger partial charge in [-0.05, 0) is 25.0 Å². The van der Waals surface area contributed by atoms with Gasteiger partial charge in [-0.1, -0.05) is 11.6 Å². The lowest BCUT2D eigenvalue weighted by Crippen LogP contribution is -2.02. The standard InChI is InChI=1S/C11H10ClN7/c12-6-3-4-7(15-14-6)19-11-8(10(13)16-17-11)9(18-19)5-1-2-5/h3-5H,1-2H2,(H3,13,16,17). The molecule has 0 saturated heterocycles. The van der Waals surface area contributed by atoms with Crippen LogP contribution in [0.1, 0.15) is 24.5 Å². The van der Waals surface area contributed by atoms with Gasteiger partial charge >= 0.3 is 0 Å². The van der Waals surface area contributed by atoms with E-state index in [1.54, 1.807) is 16.8 Å². The number of nitrogen functional groups attached to an aromatic ring is 1. The van der Waals surface area contributed by atoms with Crippen LogP contribution in [0.15, 0.2) is 12.1 Å². The molecule has 1 aliphatic carbocycles. The molecule has 0 radical (unpaired) electrons. The van der Waals surface area contributed by atoms with Gasteiger partial charge in [0, 0.05) is 5.92 Å². The summed E-state index contributed by atoms with van der Waals surface area (Å²) in [5.74, 6) is 1.60.